The Labute approximate surface area is 249 Å². The molecular weight excluding hydrogens is 551 g/mol. The molecule has 2 rings (SSSR count). The maximum Gasteiger partial charge on any atom is 0.417 e. The summed E-state index contributed by atoms with van der Waals surface area (Å²) in [6, 6.07) is 2.09. The van der Waals surface area contributed by atoms with Crippen LogP contribution in [-0.4, -0.2) is 89.6 Å². The number of anilines is 1. The van der Waals surface area contributed by atoms with Crippen LogP contribution in [0.1, 0.15) is 80.8 Å². The smallest absolute Gasteiger partial charge is 0.385 e. The van der Waals surface area contributed by atoms with E-state index in [1.54, 1.807) is 33.0 Å². The van der Waals surface area contributed by atoms with Crippen LogP contribution >= 0.6 is 0 Å². The third-order valence-corrected chi connectivity index (χ3v) is 8.06. The Balaban J connectivity index is 2.57. The highest BCUT2D eigenvalue weighted by Gasteiger charge is 2.41. The minimum Gasteiger partial charge on any atom is -0.385 e. The van der Waals surface area contributed by atoms with Crippen molar-refractivity contribution in [1.29, 1.82) is 0 Å². The van der Waals surface area contributed by atoms with E-state index < -0.39 is 28.6 Å². The Hall–Kier alpha value is -2.21. The number of benzene rings is 1. The first kappa shape index (κ1) is 36.0. The van der Waals surface area contributed by atoms with Crippen LogP contribution in [0.3, 0.4) is 0 Å². The molecule has 2 unspecified atom stereocenters. The summed E-state index contributed by atoms with van der Waals surface area (Å²) in [7, 11) is 3.20. The van der Waals surface area contributed by atoms with Crippen LogP contribution in [0.5, 0.6) is 0 Å². The van der Waals surface area contributed by atoms with Crippen molar-refractivity contribution in [3.8, 4) is 0 Å². The van der Waals surface area contributed by atoms with Gasteiger partial charge in [0.2, 0.25) is 5.91 Å². The Morgan fingerprint density at radius 2 is 1.74 bits per heavy atom. The van der Waals surface area contributed by atoms with Crippen LogP contribution in [0.4, 0.5) is 18.9 Å². The van der Waals surface area contributed by atoms with Crippen molar-refractivity contribution in [3.05, 3.63) is 28.8 Å². The van der Waals surface area contributed by atoms with Gasteiger partial charge in [0, 0.05) is 65.4 Å². The average molecular weight is 602 g/mol. The second-order valence-electron chi connectivity index (χ2n) is 11.2. The zero-order valence-corrected chi connectivity index (χ0v) is 26.2. The van der Waals surface area contributed by atoms with Gasteiger partial charge in [0.05, 0.1) is 23.1 Å². The van der Waals surface area contributed by atoms with Gasteiger partial charge in [-0.15, -0.1) is 0 Å². The van der Waals surface area contributed by atoms with Gasteiger partial charge in [-0.2, -0.15) is 13.2 Å². The Morgan fingerprint density at radius 3 is 2.31 bits per heavy atom. The van der Waals surface area contributed by atoms with Gasteiger partial charge in [0.1, 0.15) is 0 Å². The number of nitrogens with one attached hydrogen (secondary N) is 1. The molecule has 0 radical (unpaired) electrons. The summed E-state index contributed by atoms with van der Waals surface area (Å²) in [5, 5.41) is 3.24. The van der Waals surface area contributed by atoms with E-state index in [2.05, 4.69) is 5.32 Å². The zero-order valence-electron chi connectivity index (χ0n) is 26.2. The molecule has 8 nitrogen and oxygen atoms in total. The van der Waals surface area contributed by atoms with Gasteiger partial charge in [0.25, 0.3) is 5.91 Å². The monoisotopic (exact) mass is 601 g/mol. The molecule has 1 aromatic rings. The lowest BCUT2D eigenvalue weighted by Gasteiger charge is -2.36. The fourth-order valence-electron chi connectivity index (χ4n) is 5.31. The molecule has 1 N–H and O–H groups in total. The highest BCUT2D eigenvalue weighted by Crippen LogP contribution is 2.38. The standard InChI is InChI=1S/C31H50F3N3O5/c1-7-30(4,22-42-18-12-17-41-6)29(39)37(15-9-10-16-40-5)27-20-25(26(19-23(27)3)31(32,33)34)28(38)36(8-2)24-13-11-14-35-21-24/h19-20,24,35H,7-18,21-22H2,1-6H3. The maximum atomic E-state index is 14.3. The van der Waals surface area contributed by atoms with Gasteiger partial charge in [-0.05, 0) is 83.5 Å². The largest absolute Gasteiger partial charge is 0.417 e. The number of carbonyl (C=O) groups is 2. The number of unbranched alkanes of at least 4 members (excludes halogenated alkanes) is 1. The molecule has 1 saturated heterocycles. The number of hydrogen-bond acceptors (Lipinski definition) is 6. The fourth-order valence-corrected chi connectivity index (χ4v) is 5.31. The molecule has 0 saturated carbocycles. The van der Waals surface area contributed by atoms with E-state index in [-0.39, 0.29) is 37.2 Å². The molecule has 1 aromatic carbocycles. The number of nitrogens with zero attached hydrogens (tertiary/aromatic N) is 2. The number of likely N-dealkylation sites (N-methyl/N-ethyl adjacent to an activating group) is 1. The zero-order chi connectivity index (χ0) is 31.3. The first-order valence-corrected chi connectivity index (χ1v) is 15.1. The molecule has 2 amide bonds. The van der Waals surface area contributed by atoms with Gasteiger partial charge in [-0.1, -0.05) is 6.92 Å². The van der Waals surface area contributed by atoms with Crippen molar-refractivity contribution < 1.29 is 37.0 Å². The summed E-state index contributed by atoms with van der Waals surface area (Å²) < 4.78 is 59.1. The number of rotatable bonds is 17. The first-order chi connectivity index (χ1) is 19.9. The van der Waals surface area contributed by atoms with E-state index in [1.165, 1.54) is 11.0 Å². The Bertz CT molecular complexity index is 1000. The van der Waals surface area contributed by atoms with Crippen LogP contribution in [0, 0.1) is 12.3 Å². The van der Waals surface area contributed by atoms with E-state index in [1.807, 2.05) is 13.8 Å². The molecule has 1 aliphatic rings. The highest BCUT2D eigenvalue weighted by molar-refractivity contribution is 6.02. The van der Waals surface area contributed by atoms with Crippen LogP contribution in [0.15, 0.2) is 12.1 Å². The van der Waals surface area contributed by atoms with E-state index in [9.17, 15) is 22.8 Å². The normalized spacial score (nSPS) is 17.1. The van der Waals surface area contributed by atoms with Crippen molar-refractivity contribution in [2.45, 2.75) is 78.4 Å². The number of aryl methyl sites for hydroxylation is 1. The van der Waals surface area contributed by atoms with Crippen molar-refractivity contribution >= 4 is 17.5 Å². The third-order valence-electron chi connectivity index (χ3n) is 8.06. The maximum absolute atomic E-state index is 14.3. The second-order valence-corrected chi connectivity index (χ2v) is 11.2. The van der Waals surface area contributed by atoms with Gasteiger partial charge < -0.3 is 29.3 Å². The second kappa shape index (κ2) is 17.2. The predicted molar refractivity (Wildman–Crippen MR) is 158 cm³/mol. The number of piperidine rings is 1. The summed E-state index contributed by atoms with van der Waals surface area (Å²) in [4.78, 5) is 31.1. The molecule has 0 bridgehead atoms. The van der Waals surface area contributed by atoms with Crippen LogP contribution in [0.2, 0.25) is 0 Å². The van der Waals surface area contributed by atoms with Gasteiger partial charge in [0.15, 0.2) is 0 Å². The van der Waals surface area contributed by atoms with Crippen LogP contribution in [0.25, 0.3) is 0 Å². The Morgan fingerprint density at radius 1 is 1.05 bits per heavy atom. The van der Waals surface area contributed by atoms with E-state index >= 15 is 0 Å². The number of alkyl halides is 3. The van der Waals surface area contributed by atoms with Gasteiger partial charge >= 0.3 is 6.18 Å². The topological polar surface area (TPSA) is 80.3 Å². The fraction of sp³-hybridized carbons (Fsp3) is 0.742. The van der Waals surface area contributed by atoms with Gasteiger partial charge in [-0.3, -0.25) is 9.59 Å². The van der Waals surface area contributed by atoms with Crippen molar-refractivity contribution in [2.24, 2.45) is 5.41 Å². The van der Waals surface area contributed by atoms with Crippen molar-refractivity contribution in [2.75, 3.05) is 71.7 Å². The number of halogens is 3. The molecule has 1 aliphatic heterocycles. The van der Waals surface area contributed by atoms with Crippen LogP contribution < -0.4 is 10.2 Å². The number of amides is 2. The quantitative estimate of drug-likeness (QED) is 0.239. The molecule has 0 aromatic heterocycles. The van der Waals surface area contributed by atoms with Crippen molar-refractivity contribution in [1.82, 2.24) is 10.2 Å². The molecular formula is C31H50F3N3O5. The summed E-state index contributed by atoms with van der Waals surface area (Å²) in [5.74, 6) is -0.925. The minimum absolute atomic E-state index is 0.157. The molecule has 2 atom stereocenters. The minimum atomic E-state index is -4.74. The Kier molecular flexibility index (Phi) is 14.7. The molecule has 0 aliphatic carbocycles. The van der Waals surface area contributed by atoms with Gasteiger partial charge in [-0.25, -0.2) is 0 Å². The molecule has 1 fully saturated rings. The van der Waals surface area contributed by atoms with Crippen molar-refractivity contribution in [3.63, 3.8) is 0 Å². The summed E-state index contributed by atoms with van der Waals surface area (Å²) in [6.45, 7) is 10.5. The SMILES string of the molecule is CCN(C(=O)c1cc(N(CCCCOC)C(=O)C(C)(CC)COCCCOC)c(C)cc1C(F)(F)F)C1CCCNC1. The highest BCUT2D eigenvalue weighted by atomic mass is 19.4. The lowest BCUT2D eigenvalue weighted by atomic mass is 9.86. The summed E-state index contributed by atoms with van der Waals surface area (Å²) >= 11 is 0. The molecule has 42 heavy (non-hydrogen) atoms. The molecule has 0 spiro atoms. The lowest BCUT2D eigenvalue weighted by Crippen LogP contribution is -2.49. The molecule has 240 valence electrons. The number of hydrogen-bond donors (Lipinski definition) is 1. The third kappa shape index (κ3) is 9.65. The lowest BCUT2D eigenvalue weighted by molar-refractivity contribution is -0.138. The van der Waals surface area contributed by atoms with E-state index in [4.69, 9.17) is 14.2 Å². The van der Waals surface area contributed by atoms with E-state index in [0.29, 0.717) is 57.7 Å². The molecule has 11 heteroatoms. The van der Waals surface area contributed by atoms with E-state index in [0.717, 1.165) is 25.5 Å². The molecule has 1 heterocycles. The summed E-state index contributed by atoms with van der Waals surface area (Å²) in [5.41, 5.74) is -1.75. The predicted octanol–water partition coefficient (Wildman–Crippen LogP) is 5.46. The van der Waals surface area contributed by atoms with Crippen LogP contribution in [-0.2, 0) is 25.2 Å². The summed E-state index contributed by atoms with van der Waals surface area (Å²) in [6.07, 6.45) is -0.789. The first-order valence-electron chi connectivity index (χ1n) is 15.1. The average Bonchev–Trinajstić information content (AvgIpc) is 2.97. The number of ether oxygens (including phenoxy) is 3. The number of methoxy groups -OCH3 is 2. The number of carbonyl (C=O) groups excluding carboxylic acids is 2.